The summed E-state index contributed by atoms with van der Waals surface area (Å²) in [5, 5.41) is 0. The van der Waals surface area contributed by atoms with Gasteiger partial charge in [0, 0.05) is 38.9 Å². The van der Waals surface area contributed by atoms with Gasteiger partial charge in [-0.1, -0.05) is 170 Å². The lowest BCUT2D eigenvalue weighted by molar-refractivity contribution is 1.18. The van der Waals surface area contributed by atoms with Crippen LogP contribution in [0.1, 0.15) is 0 Å². The molecule has 0 N–H and O–H groups in total. The van der Waals surface area contributed by atoms with Crippen molar-refractivity contribution < 1.29 is 0 Å². The molecule has 8 rings (SSSR count). The van der Waals surface area contributed by atoms with Crippen LogP contribution in [0.3, 0.4) is 0 Å². The van der Waals surface area contributed by atoms with E-state index in [1.165, 1.54) is 0 Å². The van der Waals surface area contributed by atoms with Gasteiger partial charge >= 0.3 is 0 Å². The van der Waals surface area contributed by atoms with E-state index in [9.17, 15) is 0 Å². The van der Waals surface area contributed by atoms with Gasteiger partial charge in [-0.25, -0.2) is 19.9 Å². The molecular weight excluding hydrogens is 585 g/mol. The zero-order chi connectivity index (χ0) is 32.1. The third kappa shape index (κ3) is 5.91. The van der Waals surface area contributed by atoms with Gasteiger partial charge in [-0.2, -0.15) is 0 Å². The molecule has 226 valence electrons. The Morgan fingerprint density at radius 2 is 0.562 bits per heavy atom. The van der Waals surface area contributed by atoms with E-state index < -0.39 is 0 Å². The molecule has 2 heterocycles. The number of nitrogens with zero attached hydrogens (tertiary/aromatic N) is 4. The normalized spacial score (nSPS) is 10.9. The lowest BCUT2D eigenvalue weighted by atomic mass is 9.98. The van der Waals surface area contributed by atoms with Crippen molar-refractivity contribution in [1.82, 2.24) is 19.9 Å². The van der Waals surface area contributed by atoms with Crippen LogP contribution < -0.4 is 0 Å². The molecule has 0 saturated carbocycles. The van der Waals surface area contributed by atoms with Crippen LogP contribution in [0.5, 0.6) is 0 Å². The predicted molar refractivity (Wildman–Crippen MR) is 196 cm³/mol. The smallest absolute Gasteiger partial charge is 0.160 e. The second-order valence-electron chi connectivity index (χ2n) is 11.5. The van der Waals surface area contributed by atoms with E-state index in [4.69, 9.17) is 19.9 Å². The van der Waals surface area contributed by atoms with Crippen molar-refractivity contribution in [2.75, 3.05) is 0 Å². The molecule has 48 heavy (non-hydrogen) atoms. The summed E-state index contributed by atoms with van der Waals surface area (Å²) in [4.78, 5) is 20.9. The number of benzene rings is 6. The van der Waals surface area contributed by atoms with E-state index in [0.29, 0.717) is 5.82 Å². The van der Waals surface area contributed by atoms with Gasteiger partial charge in [0.2, 0.25) is 0 Å². The molecule has 6 aromatic carbocycles. The van der Waals surface area contributed by atoms with Crippen LogP contribution in [0.2, 0.25) is 0 Å². The minimum Gasteiger partial charge on any atom is -0.243 e. The maximum atomic E-state index is 5.44. The number of aromatic nitrogens is 4. The monoisotopic (exact) mass is 614 g/mol. The van der Waals surface area contributed by atoms with Crippen molar-refractivity contribution in [2.45, 2.75) is 0 Å². The summed E-state index contributed by atoms with van der Waals surface area (Å²) < 4.78 is 0. The summed E-state index contributed by atoms with van der Waals surface area (Å²) in [6.45, 7) is 0. The van der Waals surface area contributed by atoms with Gasteiger partial charge in [0.15, 0.2) is 5.82 Å². The molecule has 0 spiro atoms. The van der Waals surface area contributed by atoms with Crippen LogP contribution in [-0.2, 0) is 0 Å². The van der Waals surface area contributed by atoms with Crippen LogP contribution >= 0.6 is 0 Å². The van der Waals surface area contributed by atoms with Gasteiger partial charge < -0.3 is 0 Å². The van der Waals surface area contributed by atoms with Gasteiger partial charge in [0.25, 0.3) is 0 Å². The van der Waals surface area contributed by atoms with E-state index in [1.54, 1.807) is 0 Å². The van der Waals surface area contributed by atoms with Gasteiger partial charge in [-0.3, -0.25) is 0 Å². The molecule has 0 unspecified atom stereocenters. The summed E-state index contributed by atoms with van der Waals surface area (Å²) in [6.07, 6.45) is 0. The average Bonchev–Trinajstić information content (AvgIpc) is 3.19. The van der Waals surface area contributed by atoms with Crippen molar-refractivity contribution in [3.63, 3.8) is 0 Å². The minimum atomic E-state index is 0.681. The quantitative estimate of drug-likeness (QED) is 0.179. The second kappa shape index (κ2) is 13.1. The van der Waals surface area contributed by atoms with E-state index >= 15 is 0 Å². The molecule has 0 aliphatic heterocycles. The maximum Gasteiger partial charge on any atom is 0.160 e. The Hall–Kier alpha value is -6.52. The molecule has 0 aliphatic rings. The highest BCUT2D eigenvalue weighted by atomic mass is 14.9. The fourth-order valence-corrected chi connectivity index (χ4v) is 5.92. The molecule has 8 aromatic rings. The fraction of sp³-hybridized carbons (Fsp3) is 0. The molecule has 0 atom stereocenters. The summed E-state index contributed by atoms with van der Waals surface area (Å²) in [5.74, 6) is 0.681. The number of hydrogen-bond acceptors (Lipinski definition) is 4. The largest absolute Gasteiger partial charge is 0.243 e. The first kappa shape index (κ1) is 28.9. The zero-order valence-electron chi connectivity index (χ0n) is 26.1. The lowest BCUT2D eigenvalue weighted by Crippen LogP contribution is -2.01. The van der Waals surface area contributed by atoms with Crippen molar-refractivity contribution in [1.29, 1.82) is 0 Å². The molecule has 0 radical (unpaired) electrons. The first-order valence-electron chi connectivity index (χ1n) is 16.0. The third-order valence-corrected chi connectivity index (χ3v) is 8.30. The van der Waals surface area contributed by atoms with E-state index in [2.05, 4.69) is 78.9 Å². The van der Waals surface area contributed by atoms with Crippen molar-refractivity contribution in [3.8, 4) is 78.9 Å². The topological polar surface area (TPSA) is 51.6 Å². The van der Waals surface area contributed by atoms with Gasteiger partial charge in [-0.05, 0) is 12.1 Å². The summed E-state index contributed by atoms with van der Waals surface area (Å²) >= 11 is 0. The Labute approximate surface area is 280 Å². The van der Waals surface area contributed by atoms with E-state index in [0.717, 1.165) is 73.1 Å². The fourth-order valence-electron chi connectivity index (χ4n) is 5.92. The standard InChI is InChI=1S/C44H30N4/c1-6-17-31(18-7-1)38-30-39(46-44(45-38)35-25-14-5-15-26-35)36-27-16-28-37(29-36)43-42(34-23-12-4-13-24-34)47-40(32-19-8-2-9-20-32)41(48-43)33-21-10-3-11-22-33/h1-30H. The van der Waals surface area contributed by atoms with Crippen molar-refractivity contribution >= 4 is 0 Å². The van der Waals surface area contributed by atoms with Gasteiger partial charge in [0.1, 0.15) is 0 Å². The maximum absolute atomic E-state index is 5.44. The molecule has 0 saturated heterocycles. The van der Waals surface area contributed by atoms with Crippen LogP contribution in [0.4, 0.5) is 0 Å². The van der Waals surface area contributed by atoms with Crippen molar-refractivity contribution in [2.24, 2.45) is 0 Å². The highest BCUT2D eigenvalue weighted by molar-refractivity contribution is 5.87. The molecule has 0 fully saturated rings. The first-order chi connectivity index (χ1) is 23.8. The average molecular weight is 615 g/mol. The molecule has 0 amide bonds. The molecule has 4 heteroatoms. The molecule has 4 nitrogen and oxygen atoms in total. The summed E-state index contributed by atoms with van der Waals surface area (Å²) in [7, 11) is 0. The third-order valence-electron chi connectivity index (χ3n) is 8.30. The Bertz CT molecular complexity index is 2250. The van der Waals surface area contributed by atoms with Gasteiger partial charge in [-0.15, -0.1) is 0 Å². The SMILES string of the molecule is c1ccc(-c2cc(-c3cccc(-c4nc(-c5ccccc5)c(-c5ccccc5)nc4-c4ccccc4)c3)nc(-c3ccccc3)n2)cc1. The van der Waals surface area contributed by atoms with Crippen LogP contribution in [0.15, 0.2) is 182 Å². The Balaban J connectivity index is 1.34. The first-order valence-corrected chi connectivity index (χ1v) is 16.0. The Morgan fingerprint density at radius 3 is 1.02 bits per heavy atom. The van der Waals surface area contributed by atoms with E-state index in [-0.39, 0.29) is 0 Å². The zero-order valence-corrected chi connectivity index (χ0v) is 26.1. The highest BCUT2D eigenvalue weighted by Crippen LogP contribution is 2.38. The predicted octanol–water partition coefficient (Wildman–Crippen LogP) is 10.9. The number of rotatable bonds is 7. The van der Waals surface area contributed by atoms with Crippen LogP contribution in [0, 0.1) is 0 Å². The van der Waals surface area contributed by atoms with E-state index in [1.807, 2.05) is 103 Å². The summed E-state index contributed by atoms with van der Waals surface area (Å²) in [6, 6.07) is 61.8. The Morgan fingerprint density at radius 1 is 0.229 bits per heavy atom. The molecular formula is C44H30N4. The van der Waals surface area contributed by atoms with Gasteiger partial charge in [0.05, 0.1) is 34.2 Å². The lowest BCUT2D eigenvalue weighted by Gasteiger charge is -2.16. The number of hydrogen-bond donors (Lipinski definition) is 0. The van der Waals surface area contributed by atoms with Crippen LogP contribution in [0.25, 0.3) is 78.9 Å². The Kier molecular flexibility index (Phi) is 7.87. The summed E-state index contributed by atoms with van der Waals surface area (Å²) in [5.41, 5.74) is 12.0. The molecule has 0 bridgehead atoms. The van der Waals surface area contributed by atoms with Crippen LogP contribution in [-0.4, -0.2) is 19.9 Å². The minimum absolute atomic E-state index is 0.681. The van der Waals surface area contributed by atoms with Crippen molar-refractivity contribution in [3.05, 3.63) is 182 Å². The second-order valence-corrected chi connectivity index (χ2v) is 11.5. The molecule has 0 aliphatic carbocycles. The molecule has 2 aromatic heterocycles. The highest BCUT2D eigenvalue weighted by Gasteiger charge is 2.20.